The van der Waals surface area contributed by atoms with E-state index < -0.39 is 27.2 Å². The Morgan fingerprint density at radius 2 is 2.03 bits per heavy atom. The quantitative estimate of drug-likeness (QED) is 0.321. The summed E-state index contributed by atoms with van der Waals surface area (Å²) in [5.41, 5.74) is 0.414. The lowest BCUT2D eigenvalue weighted by atomic mass is 10.2. The highest BCUT2D eigenvalue weighted by atomic mass is 35.5. The maximum atomic E-state index is 12.5. The molecule has 1 atom stereocenters. The van der Waals surface area contributed by atoms with E-state index in [1.165, 1.54) is 37.6 Å². The molecule has 0 radical (unpaired) electrons. The fourth-order valence-electron chi connectivity index (χ4n) is 2.53. The Morgan fingerprint density at radius 3 is 2.69 bits per heavy atom. The molecule has 1 saturated heterocycles. The minimum atomic E-state index is -4.13. The number of amidine groups is 1. The number of hydrogen-bond donors (Lipinski definition) is 2. The van der Waals surface area contributed by atoms with Gasteiger partial charge in [0.05, 0.1) is 24.8 Å². The molecule has 0 aromatic heterocycles. The number of thioether (sulfide) groups is 1. The van der Waals surface area contributed by atoms with E-state index in [0.717, 1.165) is 11.8 Å². The van der Waals surface area contributed by atoms with Crippen LogP contribution in [0, 0.1) is 0 Å². The first-order chi connectivity index (χ1) is 15.2. The summed E-state index contributed by atoms with van der Waals surface area (Å²) < 4.78 is 35.4. The predicted octanol–water partition coefficient (Wildman–Crippen LogP) is 2.51. The molecule has 1 amide bonds. The van der Waals surface area contributed by atoms with Crippen LogP contribution in [-0.2, 0) is 19.7 Å². The first-order valence-electron chi connectivity index (χ1n) is 8.87. The second-order valence-electron chi connectivity index (χ2n) is 6.23. The van der Waals surface area contributed by atoms with Crippen molar-refractivity contribution in [3.8, 4) is 11.5 Å². The molecule has 13 heteroatoms. The Bertz CT molecular complexity index is 1200. The molecule has 2 aromatic carbocycles. The van der Waals surface area contributed by atoms with Gasteiger partial charge in [0.25, 0.3) is 0 Å². The van der Waals surface area contributed by atoms with Gasteiger partial charge < -0.3 is 19.3 Å². The standard InChI is InChI=1S/C19H16ClN3O7S2/c1-29-14-8-11(10-21-23-19-22-18(26)15(31-19)9-16(24)25)7-13(20)17(14)30-32(27,28)12-5-3-2-4-6-12/h2-8,10,15H,9H2,1H3,(H,24,25)(H,22,23,26)/b21-10-/t15-/m1/s1. The van der Waals surface area contributed by atoms with Crippen molar-refractivity contribution in [2.45, 2.75) is 16.6 Å². The Labute approximate surface area is 192 Å². The first-order valence-corrected chi connectivity index (χ1v) is 11.5. The first kappa shape index (κ1) is 23.6. The third-order valence-electron chi connectivity index (χ3n) is 3.97. The number of hydrogen-bond acceptors (Lipinski definition) is 9. The van der Waals surface area contributed by atoms with Crippen LogP contribution in [0.1, 0.15) is 12.0 Å². The summed E-state index contributed by atoms with van der Waals surface area (Å²) in [6.45, 7) is 0. The van der Waals surface area contributed by atoms with Crippen LogP contribution in [0.4, 0.5) is 0 Å². The van der Waals surface area contributed by atoms with Crippen molar-refractivity contribution in [2.75, 3.05) is 7.11 Å². The number of rotatable bonds is 8. The fraction of sp³-hybridized carbons (Fsp3) is 0.158. The number of carboxylic acids is 1. The van der Waals surface area contributed by atoms with Crippen LogP contribution in [0.2, 0.25) is 5.02 Å². The number of amides is 1. The molecule has 0 unspecified atom stereocenters. The zero-order valence-corrected chi connectivity index (χ0v) is 18.8. The van der Waals surface area contributed by atoms with Crippen molar-refractivity contribution < 1.29 is 32.0 Å². The van der Waals surface area contributed by atoms with Gasteiger partial charge in [-0.1, -0.05) is 41.6 Å². The second kappa shape index (κ2) is 10.0. The van der Waals surface area contributed by atoms with Crippen LogP contribution < -0.4 is 14.2 Å². The Morgan fingerprint density at radius 1 is 1.31 bits per heavy atom. The maximum Gasteiger partial charge on any atom is 0.339 e. The molecule has 0 saturated carbocycles. The van der Waals surface area contributed by atoms with Gasteiger partial charge in [-0.05, 0) is 24.3 Å². The molecule has 1 aliphatic heterocycles. The van der Waals surface area contributed by atoms with Gasteiger partial charge in [-0.15, -0.1) is 5.10 Å². The molecule has 168 valence electrons. The fourth-order valence-corrected chi connectivity index (χ4v) is 4.73. The van der Waals surface area contributed by atoms with Crippen molar-refractivity contribution in [1.82, 2.24) is 5.32 Å². The number of methoxy groups -OCH3 is 1. The lowest BCUT2D eigenvalue weighted by molar-refractivity contribution is -0.138. The largest absolute Gasteiger partial charge is 0.493 e. The van der Waals surface area contributed by atoms with Gasteiger partial charge in [-0.2, -0.15) is 13.5 Å². The smallest absolute Gasteiger partial charge is 0.339 e. The van der Waals surface area contributed by atoms with Crippen LogP contribution in [0.25, 0.3) is 0 Å². The van der Waals surface area contributed by atoms with Gasteiger partial charge in [0.2, 0.25) is 11.7 Å². The molecule has 1 heterocycles. The number of carbonyl (C=O) groups excluding carboxylic acids is 1. The number of aliphatic carboxylic acids is 1. The van der Waals surface area contributed by atoms with Crippen molar-refractivity contribution >= 4 is 56.7 Å². The lowest BCUT2D eigenvalue weighted by Crippen LogP contribution is -2.26. The summed E-state index contributed by atoms with van der Waals surface area (Å²) in [6, 6.07) is 10.4. The predicted molar refractivity (Wildman–Crippen MR) is 119 cm³/mol. The van der Waals surface area contributed by atoms with Crippen LogP contribution in [-0.4, -0.2) is 49.1 Å². The molecule has 2 aromatic rings. The Kier molecular flexibility index (Phi) is 7.38. The van der Waals surface area contributed by atoms with Crippen molar-refractivity contribution in [3.63, 3.8) is 0 Å². The molecule has 0 spiro atoms. The van der Waals surface area contributed by atoms with E-state index in [1.54, 1.807) is 18.2 Å². The van der Waals surface area contributed by atoms with Crippen LogP contribution in [0.3, 0.4) is 0 Å². The molecular formula is C19H16ClN3O7S2. The number of halogens is 1. The zero-order valence-electron chi connectivity index (χ0n) is 16.4. The minimum Gasteiger partial charge on any atom is -0.493 e. The summed E-state index contributed by atoms with van der Waals surface area (Å²) in [6.07, 6.45) is 0.966. The van der Waals surface area contributed by atoms with Gasteiger partial charge >= 0.3 is 16.1 Å². The van der Waals surface area contributed by atoms with E-state index in [2.05, 4.69) is 15.5 Å². The summed E-state index contributed by atoms with van der Waals surface area (Å²) in [4.78, 5) is 22.4. The average molecular weight is 498 g/mol. The maximum absolute atomic E-state index is 12.5. The molecule has 3 rings (SSSR count). The molecular weight excluding hydrogens is 482 g/mol. The molecule has 2 N–H and O–H groups in total. The van der Waals surface area contributed by atoms with E-state index in [0.29, 0.717) is 5.56 Å². The summed E-state index contributed by atoms with van der Waals surface area (Å²) in [7, 11) is -2.81. The average Bonchev–Trinajstić information content (AvgIpc) is 3.08. The monoisotopic (exact) mass is 497 g/mol. The number of nitrogens with zero attached hydrogens (tertiary/aromatic N) is 2. The van der Waals surface area contributed by atoms with Gasteiger partial charge in [0.1, 0.15) is 10.1 Å². The number of benzene rings is 2. The summed E-state index contributed by atoms with van der Waals surface area (Å²) in [5.74, 6) is -1.69. The van der Waals surface area contributed by atoms with Gasteiger partial charge in [0, 0.05) is 5.56 Å². The number of nitrogens with one attached hydrogen (secondary N) is 1. The van der Waals surface area contributed by atoms with E-state index in [4.69, 9.17) is 25.6 Å². The van der Waals surface area contributed by atoms with E-state index in [9.17, 15) is 18.0 Å². The SMILES string of the molecule is COc1cc(/C=N\N=C2/NC(=O)[C@@H](CC(=O)O)S2)cc(Cl)c1OS(=O)(=O)c1ccccc1. The number of ether oxygens (including phenoxy) is 1. The Balaban J connectivity index is 1.78. The summed E-state index contributed by atoms with van der Waals surface area (Å²) >= 11 is 7.17. The van der Waals surface area contributed by atoms with Crippen LogP contribution >= 0.6 is 23.4 Å². The zero-order chi connectivity index (χ0) is 23.3. The minimum absolute atomic E-state index is 0.0389. The lowest BCUT2D eigenvalue weighted by Gasteiger charge is -2.13. The van der Waals surface area contributed by atoms with Gasteiger partial charge in [0.15, 0.2) is 10.9 Å². The van der Waals surface area contributed by atoms with Crippen molar-refractivity contribution in [3.05, 3.63) is 53.1 Å². The molecule has 32 heavy (non-hydrogen) atoms. The normalized spacial score (nSPS) is 17.5. The molecule has 1 fully saturated rings. The highest BCUT2D eigenvalue weighted by Gasteiger charge is 2.32. The van der Waals surface area contributed by atoms with Gasteiger partial charge in [-0.3, -0.25) is 9.59 Å². The topological polar surface area (TPSA) is 144 Å². The second-order valence-corrected chi connectivity index (χ2v) is 9.37. The van der Waals surface area contributed by atoms with Crippen molar-refractivity contribution in [1.29, 1.82) is 0 Å². The van der Waals surface area contributed by atoms with E-state index in [1.807, 2.05) is 0 Å². The number of carboxylic acid groups (broad SMARTS) is 1. The molecule has 1 aliphatic rings. The third-order valence-corrected chi connectivity index (χ3v) is 6.56. The van der Waals surface area contributed by atoms with E-state index in [-0.39, 0.29) is 33.0 Å². The molecule has 0 bridgehead atoms. The molecule has 0 aliphatic carbocycles. The van der Waals surface area contributed by atoms with Crippen molar-refractivity contribution in [2.24, 2.45) is 10.2 Å². The van der Waals surface area contributed by atoms with E-state index >= 15 is 0 Å². The summed E-state index contributed by atoms with van der Waals surface area (Å²) in [5, 5.41) is 18.3. The highest BCUT2D eigenvalue weighted by molar-refractivity contribution is 8.15. The third kappa shape index (κ3) is 5.78. The highest BCUT2D eigenvalue weighted by Crippen LogP contribution is 2.38. The number of carbonyl (C=O) groups is 2. The molecule has 10 nitrogen and oxygen atoms in total. The van der Waals surface area contributed by atoms with Gasteiger partial charge in [-0.25, -0.2) is 0 Å². The Hall–Kier alpha value is -3.09. The van der Waals surface area contributed by atoms with Crippen LogP contribution in [0.15, 0.2) is 57.6 Å². The van der Waals surface area contributed by atoms with Crippen LogP contribution in [0.5, 0.6) is 11.5 Å².